The summed E-state index contributed by atoms with van der Waals surface area (Å²) in [4.78, 5) is 10.7. The number of carboxylic acid groups (broad SMARTS) is 1. The second-order valence-corrected chi connectivity index (χ2v) is 4.47. The van der Waals surface area contributed by atoms with Gasteiger partial charge in [-0.3, -0.25) is 0 Å². The van der Waals surface area contributed by atoms with Crippen LogP contribution in [0.25, 0.3) is 0 Å². The highest BCUT2D eigenvalue weighted by Gasteiger charge is 2.01. The van der Waals surface area contributed by atoms with Gasteiger partial charge in [-0.1, -0.05) is 17.7 Å². The van der Waals surface area contributed by atoms with Gasteiger partial charge >= 0.3 is 5.97 Å². The van der Waals surface area contributed by atoms with E-state index in [1.807, 2.05) is 31.2 Å². The molecule has 4 heteroatoms. The number of benzene rings is 2. The number of hydrogen-bond donors (Lipinski definition) is 2. The average Bonchev–Trinajstić information content (AvgIpc) is 2.46. The Kier molecular flexibility index (Phi) is 4.60. The zero-order valence-corrected chi connectivity index (χ0v) is 11.3. The van der Waals surface area contributed by atoms with Crippen molar-refractivity contribution >= 4 is 11.7 Å². The summed E-state index contributed by atoms with van der Waals surface area (Å²) in [6, 6.07) is 14.5. The number of aryl methyl sites for hydroxylation is 1. The zero-order valence-electron chi connectivity index (χ0n) is 11.3. The van der Waals surface area contributed by atoms with Crippen molar-refractivity contribution in [2.45, 2.75) is 6.92 Å². The normalized spacial score (nSPS) is 10.1. The van der Waals surface area contributed by atoms with Crippen LogP contribution in [0.15, 0.2) is 48.5 Å². The molecular formula is C16H17NO3. The molecule has 2 N–H and O–H groups in total. The van der Waals surface area contributed by atoms with Gasteiger partial charge in [0.15, 0.2) is 0 Å². The van der Waals surface area contributed by atoms with E-state index in [0.29, 0.717) is 13.2 Å². The average molecular weight is 271 g/mol. The van der Waals surface area contributed by atoms with E-state index in [2.05, 4.69) is 5.32 Å². The van der Waals surface area contributed by atoms with Crippen molar-refractivity contribution in [2.24, 2.45) is 0 Å². The molecule has 2 rings (SSSR count). The molecule has 2 aromatic carbocycles. The summed E-state index contributed by atoms with van der Waals surface area (Å²) >= 11 is 0. The summed E-state index contributed by atoms with van der Waals surface area (Å²) < 4.78 is 5.59. The molecule has 0 saturated heterocycles. The molecule has 0 radical (unpaired) electrons. The first kappa shape index (κ1) is 13.9. The molecule has 0 atom stereocenters. The zero-order chi connectivity index (χ0) is 14.4. The van der Waals surface area contributed by atoms with Crippen LogP contribution in [0.3, 0.4) is 0 Å². The van der Waals surface area contributed by atoms with E-state index in [1.54, 1.807) is 24.3 Å². The molecule has 0 amide bonds. The highest BCUT2D eigenvalue weighted by molar-refractivity contribution is 5.87. The molecule has 0 heterocycles. The van der Waals surface area contributed by atoms with Crippen molar-refractivity contribution in [3.63, 3.8) is 0 Å². The lowest BCUT2D eigenvalue weighted by atomic mass is 10.2. The van der Waals surface area contributed by atoms with Gasteiger partial charge in [-0.25, -0.2) is 4.79 Å². The summed E-state index contributed by atoms with van der Waals surface area (Å²) in [6.45, 7) is 3.23. The highest BCUT2D eigenvalue weighted by atomic mass is 16.5. The second kappa shape index (κ2) is 6.61. The first-order chi connectivity index (χ1) is 9.65. The fraction of sp³-hybridized carbons (Fsp3) is 0.188. The molecular weight excluding hydrogens is 254 g/mol. The van der Waals surface area contributed by atoms with Crippen molar-refractivity contribution in [1.82, 2.24) is 0 Å². The Morgan fingerprint density at radius 2 is 1.75 bits per heavy atom. The van der Waals surface area contributed by atoms with Gasteiger partial charge < -0.3 is 15.2 Å². The quantitative estimate of drug-likeness (QED) is 0.792. The van der Waals surface area contributed by atoms with Crippen LogP contribution in [0.4, 0.5) is 5.69 Å². The summed E-state index contributed by atoms with van der Waals surface area (Å²) in [5.74, 6) is -0.0714. The van der Waals surface area contributed by atoms with Crippen LogP contribution in [0.1, 0.15) is 15.9 Å². The van der Waals surface area contributed by atoms with E-state index < -0.39 is 5.97 Å². The Morgan fingerprint density at radius 1 is 1.10 bits per heavy atom. The maximum Gasteiger partial charge on any atom is 0.335 e. The number of hydrogen-bond acceptors (Lipinski definition) is 3. The predicted octanol–water partition coefficient (Wildman–Crippen LogP) is 3.18. The Balaban J connectivity index is 1.75. The van der Waals surface area contributed by atoms with Crippen LogP contribution in [-0.2, 0) is 0 Å². The summed E-state index contributed by atoms with van der Waals surface area (Å²) in [5.41, 5.74) is 2.36. The van der Waals surface area contributed by atoms with Crippen molar-refractivity contribution < 1.29 is 14.6 Å². The number of carbonyl (C=O) groups is 1. The van der Waals surface area contributed by atoms with Crippen LogP contribution in [0, 0.1) is 6.92 Å². The molecule has 0 aromatic heterocycles. The minimum Gasteiger partial charge on any atom is -0.492 e. The van der Waals surface area contributed by atoms with Crippen LogP contribution in [0.2, 0.25) is 0 Å². The number of nitrogens with one attached hydrogen (secondary N) is 1. The molecule has 4 nitrogen and oxygen atoms in total. The minimum absolute atomic E-state index is 0.284. The van der Waals surface area contributed by atoms with Gasteiger partial charge in [0.1, 0.15) is 12.4 Å². The standard InChI is InChI=1S/C16H17NO3/c1-12-2-8-15(9-3-12)20-11-10-17-14-6-4-13(5-7-14)16(18)19/h2-9,17H,10-11H2,1H3,(H,18,19). The predicted molar refractivity (Wildman–Crippen MR) is 78.6 cm³/mol. The van der Waals surface area contributed by atoms with Crippen molar-refractivity contribution in [3.8, 4) is 5.75 Å². The van der Waals surface area contributed by atoms with Crippen molar-refractivity contribution in [2.75, 3.05) is 18.5 Å². The Hall–Kier alpha value is -2.49. The molecule has 0 unspecified atom stereocenters. The highest BCUT2D eigenvalue weighted by Crippen LogP contribution is 2.12. The maximum atomic E-state index is 10.7. The number of ether oxygens (including phenoxy) is 1. The summed E-state index contributed by atoms with van der Waals surface area (Å²) in [6.07, 6.45) is 0. The van der Waals surface area contributed by atoms with Gasteiger partial charge in [-0.15, -0.1) is 0 Å². The lowest BCUT2D eigenvalue weighted by Gasteiger charge is -2.09. The van der Waals surface area contributed by atoms with Crippen LogP contribution < -0.4 is 10.1 Å². The molecule has 0 spiro atoms. The SMILES string of the molecule is Cc1ccc(OCCNc2ccc(C(=O)O)cc2)cc1. The fourth-order valence-electron chi connectivity index (χ4n) is 1.73. The molecule has 20 heavy (non-hydrogen) atoms. The van der Waals surface area contributed by atoms with Gasteiger partial charge in [0.25, 0.3) is 0 Å². The summed E-state index contributed by atoms with van der Waals surface area (Å²) in [7, 11) is 0. The molecule has 2 aromatic rings. The van der Waals surface area contributed by atoms with E-state index >= 15 is 0 Å². The summed E-state index contributed by atoms with van der Waals surface area (Å²) in [5, 5.41) is 12.0. The molecule has 0 saturated carbocycles. The van der Waals surface area contributed by atoms with Crippen LogP contribution in [0.5, 0.6) is 5.75 Å². The Labute approximate surface area is 118 Å². The Bertz CT molecular complexity index is 561. The molecule has 0 bridgehead atoms. The minimum atomic E-state index is -0.917. The topological polar surface area (TPSA) is 58.6 Å². The van der Waals surface area contributed by atoms with E-state index in [1.165, 1.54) is 5.56 Å². The number of anilines is 1. The first-order valence-electron chi connectivity index (χ1n) is 6.42. The van der Waals surface area contributed by atoms with E-state index in [9.17, 15) is 4.79 Å². The third kappa shape index (κ3) is 4.02. The first-order valence-corrected chi connectivity index (χ1v) is 6.42. The molecule has 104 valence electrons. The fourth-order valence-corrected chi connectivity index (χ4v) is 1.73. The number of carboxylic acids is 1. The van der Waals surface area contributed by atoms with Crippen LogP contribution >= 0.6 is 0 Å². The second-order valence-electron chi connectivity index (χ2n) is 4.47. The Morgan fingerprint density at radius 3 is 2.35 bits per heavy atom. The van der Waals surface area contributed by atoms with Crippen molar-refractivity contribution in [3.05, 3.63) is 59.7 Å². The third-order valence-electron chi connectivity index (χ3n) is 2.85. The van der Waals surface area contributed by atoms with E-state index in [0.717, 1.165) is 11.4 Å². The molecule has 0 aliphatic heterocycles. The molecule has 0 aliphatic rings. The van der Waals surface area contributed by atoms with E-state index in [-0.39, 0.29) is 5.56 Å². The third-order valence-corrected chi connectivity index (χ3v) is 2.85. The smallest absolute Gasteiger partial charge is 0.335 e. The monoisotopic (exact) mass is 271 g/mol. The number of aromatic carboxylic acids is 1. The molecule has 0 aliphatic carbocycles. The van der Waals surface area contributed by atoms with E-state index in [4.69, 9.17) is 9.84 Å². The largest absolute Gasteiger partial charge is 0.492 e. The van der Waals surface area contributed by atoms with Crippen LogP contribution in [-0.4, -0.2) is 24.2 Å². The van der Waals surface area contributed by atoms with Gasteiger partial charge in [0.2, 0.25) is 0 Å². The number of rotatable bonds is 6. The lowest BCUT2D eigenvalue weighted by Crippen LogP contribution is -2.11. The van der Waals surface area contributed by atoms with Gasteiger partial charge in [0, 0.05) is 12.2 Å². The maximum absolute atomic E-state index is 10.7. The van der Waals surface area contributed by atoms with Crippen molar-refractivity contribution in [1.29, 1.82) is 0 Å². The molecule has 0 fully saturated rings. The van der Waals surface area contributed by atoms with Gasteiger partial charge in [0.05, 0.1) is 5.56 Å². The van der Waals surface area contributed by atoms with Gasteiger partial charge in [-0.2, -0.15) is 0 Å². The lowest BCUT2D eigenvalue weighted by molar-refractivity contribution is 0.0697. The van der Waals surface area contributed by atoms with Gasteiger partial charge in [-0.05, 0) is 43.3 Å².